The smallest absolute Gasteiger partial charge is 0.234 e. The van der Waals surface area contributed by atoms with Gasteiger partial charge >= 0.3 is 0 Å². The second-order valence-corrected chi connectivity index (χ2v) is 6.34. The second-order valence-electron chi connectivity index (χ2n) is 4.57. The molecule has 0 saturated heterocycles. The van der Waals surface area contributed by atoms with Gasteiger partial charge in [-0.3, -0.25) is 4.79 Å². The number of aromatic nitrogens is 1. The number of carbonyl (C=O) groups excluding carboxylic acids is 1. The van der Waals surface area contributed by atoms with Gasteiger partial charge in [0.2, 0.25) is 5.91 Å². The van der Waals surface area contributed by atoms with Crippen molar-refractivity contribution in [2.75, 3.05) is 11.1 Å². The number of benzene rings is 1. The van der Waals surface area contributed by atoms with Crippen LogP contribution in [0, 0.1) is 13.8 Å². The maximum absolute atomic E-state index is 12.0. The van der Waals surface area contributed by atoms with E-state index < -0.39 is 0 Å². The van der Waals surface area contributed by atoms with Crippen LogP contribution in [0.25, 0.3) is 0 Å². The molecule has 2 rings (SSSR count). The molecule has 0 saturated carbocycles. The highest BCUT2D eigenvalue weighted by Crippen LogP contribution is 2.28. The highest BCUT2D eigenvalue weighted by molar-refractivity contribution is 8.00. The van der Waals surface area contributed by atoms with Crippen molar-refractivity contribution in [3.8, 4) is 0 Å². The van der Waals surface area contributed by atoms with Gasteiger partial charge in [-0.25, -0.2) is 4.98 Å². The van der Waals surface area contributed by atoms with Crippen LogP contribution in [0.3, 0.4) is 0 Å². The third-order valence-electron chi connectivity index (χ3n) is 2.76. The number of pyridine rings is 1. The summed E-state index contributed by atoms with van der Waals surface area (Å²) >= 11 is 13.5. The monoisotopic (exact) mass is 340 g/mol. The van der Waals surface area contributed by atoms with E-state index in [1.807, 2.05) is 26.0 Å². The fourth-order valence-electron chi connectivity index (χ4n) is 1.86. The summed E-state index contributed by atoms with van der Waals surface area (Å²) in [6.07, 6.45) is 1.65. The van der Waals surface area contributed by atoms with Crippen LogP contribution in [0.1, 0.15) is 11.1 Å². The first-order chi connectivity index (χ1) is 9.97. The van der Waals surface area contributed by atoms with Crippen LogP contribution >= 0.6 is 35.0 Å². The van der Waals surface area contributed by atoms with Crippen molar-refractivity contribution in [2.24, 2.45) is 0 Å². The Bertz CT molecular complexity index is 653. The Balaban J connectivity index is 2.01. The molecule has 0 bridgehead atoms. The SMILES string of the molecule is Cc1cc(C)c(NC(=O)CSc2ncccc2Cl)c(Cl)c1. The van der Waals surface area contributed by atoms with Crippen molar-refractivity contribution in [1.29, 1.82) is 0 Å². The van der Waals surface area contributed by atoms with Crippen LogP contribution in [0.4, 0.5) is 5.69 Å². The van der Waals surface area contributed by atoms with E-state index in [9.17, 15) is 4.79 Å². The van der Waals surface area contributed by atoms with E-state index in [-0.39, 0.29) is 11.7 Å². The van der Waals surface area contributed by atoms with E-state index in [1.165, 1.54) is 11.8 Å². The topological polar surface area (TPSA) is 42.0 Å². The molecule has 0 unspecified atom stereocenters. The number of nitrogens with zero attached hydrogens (tertiary/aromatic N) is 1. The van der Waals surface area contributed by atoms with Gasteiger partial charge in [0.05, 0.1) is 21.5 Å². The van der Waals surface area contributed by atoms with E-state index in [2.05, 4.69) is 10.3 Å². The fourth-order valence-corrected chi connectivity index (χ4v) is 3.20. The average molecular weight is 341 g/mol. The molecule has 0 aliphatic carbocycles. The van der Waals surface area contributed by atoms with Crippen LogP contribution in [0.5, 0.6) is 0 Å². The molecular weight excluding hydrogens is 327 g/mol. The van der Waals surface area contributed by atoms with Crippen molar-refractivity contribution in [2.45, 2.75) is 18.9 Å². The van der Waals surface area contributed by atoms with Gasteiger partial charge in [0.25, 0.3) is 0 Å². The summed E-state index contributed by atoms with van der Waals surface area (Å²) in [7, 11) is 0. The van der Waals surface area contributed by atoms with E-state index in [0.717, 1.165) is 11.1 Å². The molecule has 0 fully saturated rings. The molecule has 21 heavy (non-hydrogen) atoms. The molecule has 1 heterocycles. The highest BCUT2D eigenvalue weighted by atomic mass is 35.5. The Morgan fingerprint density at radius 2 is 2.05 bits per heavy atom. The minimum Gasteiger partial charge on any atom is -0.324 e. The molecule has 0 spiro atoms. The summed E-state index contributed by atoms with van der Waals surface area (Å²) in [5, 5.41) is 4.56. The van der Waals surface area contributed by atoms with Crippen molar-refractivity contribution in [1.82, 2.24) is 4.98 Å². The van der Waals surface area contributed by atoms with Crippen molar-refractivity contribution in [3.63, 3.8) is 0 Å². The predicted molar refractivity (Wildman–Crippen MR) is 89.5 cm³/mol. The molecule has 1 aromatic carbocycles. The summed E-state index contributed by atoms with van der Waals surface area (Å²) in [6, 6.07) is 7.30. The Hall–Kier alpha value is -1.23. The zero-order valence-corrected chi connectivity index (χ0v) is 13.9. The number of hydrogen-bond donors (Lipinski definition) is 1. The minimum atomic E-state index is -0.143. The number of thioether (sulfide) groups is 1. The van der Waals surface area contributed by atoms with Gasteiger partial charge in [-0.2, -0.15) is 0 Å². The molecule has 1 aromatic heterocycles. The van der Waals surface area contributed by atoms with Crippen LogP contribution in [-0.4, -0.2) is 16.6 Å². The normalized spacial score (nSPS) is 10.5. The summed E-state index contributed by atoms with van der Waals surface area (Å²) in [6.45, 7) is 3.88. The van der Waals surface area contributed by atoms with Crippen LogP contribution in [0.15, 0.2) is 35.5 Å². The molecule has 3 nitrogen and oxygen atoms in total. The van der Waals surface area contributed by atoms with E-state index in [0.29, 0.717) is 20.8 Å². The first-order valence-corrected chi connectivity index (χ1v) is 8.01. The van der Waals surface area contributed by atoms with Crippen LogP contribution in [0.2, 0.25) is 10.0 Å². The van der Waals surface area contributed by atoms with E-state index in [4.69, 9.17) is 23.2 Å². The van der Waals surface area contributed by atoms with Gasteiger partial charge in [-0.05, 0) is 43.2 Å². The van der Waals surface area contributed by atoms with Gasteiger partial charge < -0.3 is 5.32 Å². The summed E-state index contributed by atoms with van der Waals surface area (Å²) in [5.41, 5.74) is 2.65. The van der Waals surface area contributed by atoms with Crippen LogP contribution in [-0.2, 0) is 4.79 Å². The first-order valence-electron chi connectivity index (χ1n) is 6.27. The molecule has 1 amide bonds. The number of amides is 1. The number of rotatable bonds is 4. The number of carbonyl (C=O) groups is 1. The predicted octanol–water partition coefficient (Wildman–Crippen LogP) is 4.74. The lowest BCUT2D eigenvalue weighted by Crippen LogP contribution is -2.15. The summed E-state index contributed by atoms with van der Waals surface area (Å²) in [4.78, 5) is 16.2. The zero-order valence-electron chi connectivity index (χ0n) is 11.6. The van der Waals surface area contributed by atoms with Gasteiger partial charge in [0, 0.05) is 6.20 Å². The maximum Gasteiger partial charge on any atom is 0.234 e. The number of nitrogens with one attached hydrogen (secondary N) is 1. The van der Waals surface area contributed by atoms with Crippen molar-refractivity contribution >= 4 is 46.6 Å². The number of anilines is 1. The second kappa shape index (κ2) is 7.16. The molecule has 0 atom stereocenters. The van der Waals surface area contributed by atoms with E-state index >= 15 is 0 Å². The lowest BCUT2D eigenvalue weighted by molar-refractivity contribution is -0.113. The average Bonchev–Trinajstić information content (AvgIpc) is 2.42. The molecule has 1 N–H and O–H groups in total. The van der Waals surface area contributed by atoms with Gasteiger partial charge in [0.1, 0.15) is 5.03 Å². The lowest BCUT2D eigenvalue weighted by Gasteiger charge is -2.11. The quantitative estimate of drug-likeness (QED) is 0.817. The molecule has 2 aromatic rings. The number of aryl methyl sites for hydroxylation is 2. The standard InChI is InChI=1S/C15H14Cl2N2OS/c1-9-6-10(2)14(12(17)7-9)19-13(20)8-21-15-11(16)4-3-5-18-15/h3-7H,8H2,1-2H3,(H,19,20). The zero-order chi connectivity index (χ0) is 15.4. The highest BCUT2D eigenvalue weighted by Gasteiger charge is 2.11. The molecule has 0 aliphatic rings. The lowest BCUT2D eigenvalue weighted by atomic mass is 10.1. The molecule has 110 valence electrons. The van der Waals surface area contributed by atoms with Crippen molar-refractivity contribution < 1.29 is 4.79 Å². The molecule has 6 heteroatoms. The maximum atomic E-state index is 12.0. The van der Waals surface area contributed by atoms with Crippen LogP contribution < -0.4 is 5.32 Å². The van der Waals surface area contributed by atoms with E-state index in [1.54, 1.807) is 18.3 Å². The van der Waals surface area contributed by atoms with Gasteiger partial charge in [-0.15, -0.1) is 0 Å². The fraction of sp³-hybridized carbons (Fsp3) is 0.200. The number of halogens is 2. The summed E-state index contributed by atoms with van der Waals surface area (Å²) < 4.78 is 0. The third-order valence-corrected chi connectivity index (χ3v) is 4.48. The Morgan fingerprint density at radius 3 is 2.71 bits per heavy atom. The third kappa shape index (κ3) is 4.37. The molecular formula is C15H14Cl2N2OS. The van der Waals surface area contributed by atoms with Crippen molar-refractivity contribution in [3.05, 3.63) is 51.6 Å². The minimum absolute atomic E-state index is 0.143. The Labute approximate surface area is 138 Å². The summed E-state index contributed by atoms with van der Waals surface area (Å²) in [5.74, 6) is 0.0796. The Morgan fingerprint density at radius 1 is 1.29 bits per heavy atom. The first kappa shape index (κ1) is 16.1. The largest absolute Gasteiger partial charge is 0.324 e. The molecule has 0 radical (unpaired) electrons. The van der Waals surface area contributed by atoms with Gasteiger partial charge in [0.15, 0.2) is 0 Å². The Kier molecular flexibility index (Phi) is 5.51. The number of hydrogen-bond acceptors (Lipinski definition) is 3. The molecule has 0 aliphatic heterocycles. The van der Waals surface area contributed by atoms with Gasteiger partial charge in [-0.1, -0.05) is 41.0 Å².